The molecular formula is C14H20N2O. The topological polar surface area (TPSA) is 32.3 Å². The van der Waals surface area contributed by atoms with Gasteiger partial charge in [-0.1, -0.05) is 6.07 Å². The van der Waals surface area contributed by atoms with Gasteiger partial charge in [0.1, 0.15) is 0 Å². The van der Waals surface area contributed by atoms with Crippen LogP contribution in [0.3, 0.4) is 0 Å². The molecule has 1 aromatic carbocycles. The molecule has 1 N–H and O–H groups in total. The SMILES string of the molecule is CNc1cc(C)ccc1C(=O)N1CCCC1C. The quantitative estimate of drug-likeness (QED) is 0.850. The number of rotatable bonds is 2. The Hall–Kier alpha value is -1.51. The second-order valence-corrected chi connectivity index (χ2v) is 4.79. The van der Waals surface area contributed by atoms with Gasteiger partial charge in [-0.05, 0) is 44.4 Å². The lowest BCUT2D eigenvalue weighted by Gasteiger charge is -2.22. The fourth-order valence-electron chi connectivity index (χ4n) is 2.44. The maximum Gasteiger partial charge on any atom is 0.256 e. The van der Waals surface area contributed by atoms with E-state index < -0.39 is 0 Å². The van der Waals surface area contributed by atoms with Gasteiger partial charge in [0.25, 0.3) is 5.91 Å². The molecule has 1 aliphatic heterocycles. The summed E-state index contributed by atoms with van der Waals surface area (Å²) in [6.45, 7) is 5.04. The third-order valence-electron chi connectivity index (χ3n) is 3.49. The number of nitrogens with one attached hydrogen (secondary N) is 1. The van der Waals surface area contributed by atoms with Gasteiger partial charge in [0.2, 0.25) is 0 Å². The van der Waals surface area contributed by atoms with Crippen LogP contribution in [0.1, 0.15) is 35.7 Å². The highest BCUT2D eigenvalue weighted by atomic mass is 16.2. The van der Waals surface area contributed by atoms with E-state index in [4.69, 9.17) is 0 Å². The summed E-state index contributed by atoms with van der Waals surface area (Å²) in [7, 11) is 1.86. The first kappa shape index (κ1) is 12.0. The van der Waals surface area contributed by atoms with E-state index in [0.717, 1.165) is 30.6 Å². The molecule has 1 aromatic rings. The zero-order valence-electron chi connectivity index (χ0n) is 10.8. The van der Waals surface area contributed by atoms with Crippen molar-refractivity contribution >= 4 is 11.6 Å². The van der Waals surface area contributed by atoms with Gasteiger partial charge >= 0.3 is 0 Å². The van der Waals surface area contributed by atoms with Gasteiger partial charge < -0.3 is 10.2 Å². The molecule has 17 heavy (non-hydrogen) atoms. The predicted octanol–water partition coefficient (Wildman–Crippen LogP) is 2.66. The fourth-order valence-corrected chi connectivity index (χ4v) is 2.44. The summed E-state index contributed by atoms with van der Waals surface area (Å²) in [6.07, 6.45) is 2.24. The molecule has 1 aliphatic rings. The number of amides is 1. The van der Waals surface area contributed by atoms with E-state index in [1.165, 1.54) is 5.56 Å². The monoisotopic (exact) mass is 232 g/mol. The van der Waals surface area contributed by atoms with Gasteiger partial charge in [-0.15, -0.1) is 0 Å². The molecule has 92 valence electrons. The number of carbonyl (C=O) groups excluding carboxylic acids is 1. The maximum absolute atomic E-state index is 12.4. The fraction of sp³-hybridized carbons (Fsp3) is 0.500. The molecule has 1 fully saturated rings. The van der Waals surface area contributed by atoms with Gasteiger partial charge in [0.15, 0.2) is 0 Å². The molecule has 0 bridgehead atoms. The largest absolute Gasteiger partial charge is 0.387 e. The van der Waals surface area contributed by atoms with Crippen molar-refractivity contribution in [3.05, 3.63) is 29.3 Å². The number of likely N-dealkylation sites (tertiary alicyclic amines) is 1. The normalized spacial score (nSPS) is 19.5. The van der Waals surface area contributed by atoms with Crippen molar-refractivity contribution in [1.82, 2.24) is 4.90 Å². The van der Waals surface area contributed by atoms with Crippen molar-refractivity contribution in [2.75, 3.05) is 18.9 Å². The van der Waals surface area contributed by atoms with E-state index in [1.807, 2.05) is 37.1 Å². The first-order chi connectivity index (χ1) is 8.13. The van der Waals surface area contributed by atoms with Crippen molar-refractivity contribution in [2.45, 2.75) is 32.7 Å². The molecule has 1 unspecified atom stereocenters. The molecule has 0 spiro atoms. The van der Waals surface area contributed by atoms with Gasteiger partial charge in [-0.3, -0.25) is 4.79 Å². The Morgan fingerprint density at radius 2 is 2.24 bits per heavy atom. The van der Waals surface area contributed by atoms with Crippen molar-refractivity contribution in [2.24, 2.45) is 0 Å². The summed E-state index contributed by atoms with van der Waals surface area (Å²) < 4.78 is 0. The van der Waals surface area contributed by atoms with Crippen molar-refractivity contribution in [3.8, 4) is 0 Å². The Balaban J connectivity index is 2.30. The summed E-state index contributed by atoms with van der Waals surface area (Å²) in [4.78, 5) is 14.4. The zero-order valence-corrected chi connectivity index (χ0v) is 10.8. The van der Waals surface area contributed by atoms with Gasteiger partial charge in [0, 0.05) is 25.3 Å². The van der Waals surface area contributed by atoms with Crippen LogP contribution in [0.2, 0.25) is 0 Å². The zero-order chi connectivity index (χ0) is 12.4. The van der Waals surface area contributed by atoms with E-state index in [9.17, 15) is 4.79 Å². The molecule has 3 nitrogen and oxygen atoms in total. The summed E-state index contributed by atoms with van der Waals surface area (Å²) in [5, 5.41) is 3.11. The Kier molecular flexibility index (Phi) is 3.36. The third-order valence-corrected chi connectivity index (χ3v) is 3.49. The minimum atomic E-state index is 0.152. The summed E-state index contributed by atoms with van der Waals surface area (Å²) in [5.41, 5.74) is 2.88. The molecule has 0 aromatic heterocycles. The molecule has 0 saturated carbocycles. The standard InChI is InChI=1S/C14H20N2O/c1-10-6-7-12(13(9-10)15-3)14(17)16-8-4-5-11(16)2/h6-7,9,11,15H,4-5,8H2,1-3H3. The van der Waals surface area contributed by atoms with Crippen LogP contribution in [-0.2, 0) is 0 Å². The predicted molar refractivity (Wildman–Crippen MR) is 70.5 cm³/mol. The van der Waals surface area contributed by atoms with E-state index in [-0.39, 0.29) is 5.91 Å². The number of anilines is 1. The molecule has 3 heteroatoms. The number of hydrogen-bond donors (Lipinski definition) is 1. The molecule has 0 radical (unpaired) electrons. The number of benzene rings is 1. The third kappa shape index (κ3) is 2.28. The van der Waals surface area contributed by atoms with Gasteiger partial charge in [-0.2, -0.15) is 0 Å². The van der Waals surface area contributed by atoms with Crippen LogP contribution in [0.15, 0.2) is 18.2 Å². The highest BCUT2D eigenvalue weighted by Gasteiger charge is 2.27. The number of carbonyl (C=O) groups is 1. The van der Waals surface area contributed by atoms with Crippen LogP contribution >= 0.6 is 0 Å². The van der Waals surface area contributed by atoms with E-state index in [2.05, 4.69) is 12.2 Å². The van der Waals surface area contributed by atoms with Crippen LogP contribution in [-0.4, -0.2) is 30.4 Å². The lowest BCUT2D eigenvalue weighted by atomic mass is 10.1. The van der Waals surface area contributed by atoms with Gasteiger partial charge in [0.05, 0.1) is 5.56 Å². The van der Waals surface area contributed by atoms with Crippen LogP contribution in [0.5, 0.6) is 0 Å². The van der Waals surface area contributed by atoms with E-state index in [0.29, 0.717) is 6.04 Å². The number of hydrogen-bond acceptors (Lipinski definition) is 2. The van der Waals surface area contributed by atoms with Crippen molar-refractivity contribution < 1.29 is 4.79 Å². The number of aryl methyl sites for hydroxylation is 1. The molecule has 0 aliphatic carbocycles. The maximum atomic E-state index is 12.4. The van der Waals surface area contributed by atoms with Crippen molar-refractivity contribution in [1.29, 1.82) is 0 Å². The lowest BCUT2D eigenvalue weighted by Crippen LogP contribution is -2.34. The second-order valence-electron chi connectivity index (χ2n) is 4.79. The Labute approximate surface area is 103 Å². The second kappa shape index (κ2) is 4.78. The van der Waals surface area contributed by atoms with E-state index >= 15 is 0 Å². The van der Waals surface area contributed by atoms with Crippen LogP contribution in [0.4, 0.5) is 5.69 Å². The lowest BCUT2D eigenvalue weighted by molar-refractivity contribution is 0.0748. The molecular weight excluding hydrogens is 212 g/mol. The molecule has 2 rings (SSSR count). The van der Waals surface area contributed by atoms with E-state index in [1.54, 1.807) is 0 Å². The highest BCUT2D eigenvalue weighted by molar-refractivity contribution is 6.00. The summed E-state index contributed by atoms with van der Waals surface area (Å²) >= 11 is 0. The van der Waals surface area contributed by atoms with Crippen LogP contribution < -0.4 is 5.32 Å². The average Bonchev–Trinajstić information content (AvgIpc) is 2.74. The molecule has 1 amide bonds. The average molecular weight is 232 g/mol. The molecule has 1 atom stereocenters. The Morgan fingerprint density at radius 3 is 2.82 bits per heavy atom. The molecule has 1 saturated heterocycles. The first-order valence-corrected chi connectivity index (χ1v) is 6.23. The minimum absolute atomic E-state index is 0.152. The Bertz CT molecular complexity index is 428. The van der Waals surface area contributed by atoms with Gasteiger partial charge in [-0.25, -0.2) is 0 Å². The number of nitrogens with zero attached hydrogens (tertiary/aromatic N) is 1. The minimum Gasteiger partial charge on any atom is -0.387 e. The smallest absolute Gasteiger partial charge is 0.256 e. The van der Waals surface area contributed by atoms with Crippen LogP contribution in [0.25, 0.3) is 0 Å². The van der Waals surface area contributed by atoms with Crippen molar-refractivity contribution in [3.63, 3.8) is 0 Å². The summed E-state index contributed by atoms with van der Waals surface area (Å²) in [6, 6.07) is 6.31. The molecule has 1 heterocycles. The Morgan fingerprint density at radius 1 is 1.47 bits per heavy atom. The van der Waals surface area contributed by atoms with Crippen LogP contribution in [0, 0.1) is 6.92 Å². The first-order valence-electron chi connectivity index (χ1n) is 6.23. The summed E-state index contributed by atoms with van der Waals surface area (Å²) in [5.74, 6) is 0.152. The highest BCUT2D eigenvalue weighted by Crippen LogP contribution is 2.24.